The molecule has 0 spiro atoms. The number of fused-ring (bicyclic) bond motifs is 1. The van der Waals surface area contributed by atoms with Gasteiger partial charge in [0.1, 0.15) is 11.6 Å². The van der Waals surface area contributed by atoms with Crippen LogP contribution in [0, 0.1) is 0 Å². The molecular weight excluding hydrogens is 362 g/mol. The molecule has 2 aliphatic heterocycles. The molecule has 4 heterocycles. The van der Waals surface area contributed by atoms with E-state index in [0.29, 0.717) is 5.92 Å². The highest BCUT2D eigenvalue weighted by Crippen LogP contribution is 2.31. The third-order valence-electron chi connectivity index (χ3n) is 6.21. The van der Waals surface area contributed by atoms with Crippen molar-refractivity contribution in [3.05, 3.63) is 71.3 Å². The van der Waals surface area contributed by atoms with E-state index in [2.05, 4.69) is 49.8 Å². The minimum atomic E-state index is 0.532. The largest absolute Gasteiger partial charge is 0.381 e. The van der Waals surface area contributed by atoms with Gasteiger partial charge in [0.15, 0.2) is 0 Å². The highest BCUT2D eigenvalue weighted by atomic mass is 16.5. The number of nitrogens with zero attached hydrogens (tertiary/aromatic N) is 4. The summed E-state index contributed by atoms with van der Waals surface area (Å²) >= 11 is 0. The van der Waals surface area contributed by atoms with E-state index in [9.17, 15) is 0 Å². The third kappa shape index (κ3) is 4.14. The topological polar surface area (TPSA) is 59.0 Å². The summed E-state index contributed by atoms with van der Waals surface area (Å²) < 4.78 is 8.12. The highest BCUT2D eigenvalue weighted by molar-refractivity contribution is 5.24. The fraction of sp³-hybridized carbons (Fsp3) is 0.478. The zero-order valence-corrected chi connectivity index (χ0v) is 16.9. The second-order valence-electron chi connectivity index (χ2n) is 8.13. The van der Waals surface area contributed by atoms with Gasteiger partial charge in [0.2, 0.25) is 0 Å². The molecule has 0 unspecified atom stereocenters. The predicted molar refractivity (Wildman–Crippen MR) is 112 cm³/mol. The van der Waals surface area contributed by atoms with E-state index in [1.165, 1.54) is 22.8 Å². The van der Waals surface area contributed by atoms with Crippen molar-refractivity contribution in [2.75, 3.05) is 19.8 Å². The number of aryl methyl sites for hydroxylation is 2. The standard InChI is InChI=1S/C23H29N5O/c1-2-4-18(5-3-1)6-7-20-21-16-27(17-22-24-10-11-25-22)12-13-28(21)23(26-20)19-8-14-29-15-9-19/h1-5,10-11,19H,6-9,12-17H2,(H,24,25). The molecule has 152 valence electrons. The predicted octanol–water partition coefficient (Wildman–Crippen LogP) is 3.30. The van der Waals surface area contributed by atoms with E-state index in [-0.39, 0.29) is 0 Å². The van der Waals surface area contributed by atoms with Gasteiger partial charge >= 0.3 is 0 Å². The highest BCUT2D eigenvalue weighted by Gasteiger charge is 2.29. The van der Waals surface area contributed by atoms with Gasteiger partial charge < -0.3 is 14.3 Å². The Bertz CT molecular complexity index is 912. The maximum atomic E-state index is 5.60. The van der Waals surface area contributed by atoms with Crippen molar-refractivity contribution >= 4 is 0 Å². The van der Waals surface area contributed by atoms with E-state index in [1.807, 2.05) is 12.4 Å². The van der Waals surface area contributed by atoms with Gasteiger partial charge in [0, 0.05) is 51.2 Å². The van der Waals surface area contributed by atoms with Crippen molar-refractivity contribution in [2.24, 2.45) is 0 Å². The Morgan fingerprint density at radius 3 is 2.72 bits per heavy atom. The van der Waals surface area contributed by atoms with Gasteiger partial charge in [-0.3, -0.25) is 4.90 Å². The number of rotatable bonds is 6. The van der Waals surface area contributed by atoms with Crippen LogP contribution < -0.4 is 0 Å². The van der Waals surface area contributed by atoms with E-state index in [1.54, 1.807) is 0 Å². The molecule has 6 nitrogen and oxygen atoms in total. The number of aromatic nitrogens is 4. The lowest BCUT2D eigenvalue weighted by Gasteiger charge is -2.30. The minimum absolute atomic E-state index is 0.532. The van der Waals surface area contributed by atoms with Crippen molar-refractivity contribution < 1.29 is 4.74 Å². The maximum Gasteiger partial charge on any atom is 0.120 e. The number of ether oxygens (including phenoxy) is 1. The molecular formula is C23H29N5O. The van der Waals surface area contributed by atoms with Crippen LogP contribution in [-0.2, 0) is 37.2 Å². The van der Waals surface area contributed by atoms with Crippen LogP contribution in [0.2, 0.25) is 0 Å². The zero-order valence-electron chi connectivity index (χ0n) is 16.9. The van der Waals surface area contributed by atoms with Crippen molar-refractivity contribution in [1.29, 1.82) is 0 Å². The first kappa shape index (κ1) is 18.6. The van der Waals surface area contributed by atoms with Crippen molar-refractivity contribution in [3.8, 4) is 0 Å². The molecule has 0 amide bonds. The van der Waals surface area contributed by atoms with E-state index in [4.69, 9.17) is 9.72 Å². The summed E-state index contributed by atoms with van der Waals surface area (Å²) in [6.45, 7) is 5.58. The van der Waals surface area contributed by atoms with Gasteiger partial charge in [-0.15, -0.1) is 0 Å². The number of aromatic amines is 1. The summed E-state index contributed by atoms with van der Waals surface area (Å²) in [5, 5.41) is 0. The molecule has 3 aromatic rings. The van der Waals surface area contributed by atoms with Crippen LogP contribution in [0.1, 0.15) is 47.4 Å². The molecule has 1 N–H and O–H groups in total. The van der Waals surface area contributed by atoms with Crippen molar-refractivity contribution in [2.45, 2.75) is 51.2 Å². The van der Waals surface area contributed by atoms with E-state index in [0.717, 1.165) is 70.9 Å². The van der Waals surface area contributed by atoms with Crippen LogP contribution in [-0.4, -0.2) is 44.2 Å². The van der Waals surface area contributed by atoms with Gasteiger partial charge in [0.25, 0.3) is 0 Å². The Kier molecular flexibility index (Phi) is 5.45. The maximum absolute atomic E-state index is 5.60. The molecule has 2 aromatic heterocycles. The molecule has 29 heavy (non-hydrogen) atoms. The molecule has 5 rings (SSSR count). The number of imidazole rings is 2. The number of hydrogen-bond acceptors (Lipinski definition) is 4. The van der Waals surface area contributed by atoms with Gasteiger partial charge in [-0.25, -0.2) is 9.97 Å². The summed E-state index contributed by atoms with van der Waals surface area (Å²) in [7, 11) is 0. The second-order valence-corrected chi connectivity index (χ2v) is 8.13. The molecule has 1 fully saturated rings. The first-order chi connectivity index (χ1) is 14.4. The van der Waals surface area contributed by atoms with Gasteiger partial charge in [0.05, 0.1) is 17.9 Å². The summed E-state index contributed by atoms with van der Waals surface area (Å²) in [5.74, 6) is 2.86. The number of benzene rings is 1. The van der Waals surface area contributed by atoms with E-state index < -0.39 is 0 Å². The van der Waals surface area contributed by atoms with Crippen molar-refractivity contribution in [3.63, 3.8) is 0 Å². The van der Waals surface area contributed by atoms with Crippen LogP contribution >= 0.6 is 0 Å². The zero-order chi connectivity index (χ0) is 19.5. The van der Waals surface area contributed by atoms with Crippen LogP contribution in [0.25, 0.3) is 0 Å². The van der Waals surface area contributed by atoms with Crippen LogP contribution in [0.4, 0.5) is 0 Å². The lowest BCUT2D eigenvalue weighted by atomic mass is 9.99. The molecule has 1 aromatic carbocycles. The quantitative estimate of drug-likeness (QED) is 0.700. The molecule has 1 saturated heterocycles. The summed E-state index contributed by atoms with van der Waals surface area (Å²) in [5.41, 5.74) is 4.06. The fourth-order valence-corrected chi connectivity index (χ4v) is 4.62. The molecule has 0 aliphatic carbocycles. The van der Waals surface area contributed by atoms with Crippen LogP contribution in [0.5, 0.6) is 0 Å². The Balaban J connectivity index is 1.39. The fourth-order valence-electron chi connectivity index (χ4n) is 4.62. The SMILES string of the molecule is c1ccc(CCc2nc(C3CCOCC3)n3c2CN(Cc2ncc[nH]2)CC3)cc1. The lowest BCUT2D eigenvalue weighted by molar-refractivity contribution is 0.0821. The normalized spacial score (nSPS) is 18.1. The first-order valence-electron chi connectivity index (χ1n) is 10.8. The second kappa shape index (κ2) is 8.51. The Morgan fingerprint density at radius 1 is 1.07 bits per heavy atom. The first-order valence-corrected chi connectivity index (χ1v) is 10.8. The molecule has 2 aliphatic rings. The Hall–Kier alpha value is -2.44. The van der Waals surface area contributed by atoms with Crippen LogP contribution in [0.15, 0.2) is 42.7 Å². The van der Waals surface area contributed by atoms with E-state index >= 15 is 0 Å². The number of H-pyrrole nitrogens is 1. The lowest BCUT2D eigenvalue weighted by Crippen LogP contribution is -2.35. The molecule has 0 atom stereocenters. The molecule has 0 radical (unpaired) electrons. The summed E-state index contributed by atoms with van der Waals surface area (Å²) in [6.07, 6.45) is 7.94. The number of nitrogens with one attached hydrogen (secondary N) is 1. The van der Waals surface area contributed by atoms with Gasteiger partial charge in [-0.2, -0.15) is 0 Å². The summed E-state index contributed by atoms with van der Waals surface area (Å²) in [6, 6.07) is 10.8. The minimum Gasteiger partial charge on any atom is -0.381 e. The average Bonchev–Trinajstić information content (AvgIpc) is 3.41. The molecule has 0 saturated carbocycles. The third-order valence-corrected chi connectivity index (χ3v) is 6.21. The van der Waals surface area contributed by atoms with Crippen LogP contribution in [0.3, 0.4) is 0 Å². The Labute approximate surface area is 171 Å². The molecule has 6 heteroatoms. The number of hydrogen-bond donors (Lipinski definition) is 1. The summed E-state index contributed by atoms with van der Waals surface area (Å²) in [4.78, 5) is 15.3. The van der Waals surface area contributed by atoms with Gasteiger partial charge in [-0.1, -0.05) is 30.3 Å². The monoisotopic (exact) mass is 391 g/mol. The molecule has 0 bridgehead atoms. The Morgan fingerprint density at radius 2 is 1.93 bits per heavy atom. The van der Waals surface area contributed by atoms with Crippen molar-refractivity contribution in [1.82, 2.24) is 24.4 Å². The van der Waals surface area contributed by atoms with Gasteiger partial charge in [-0.05, 0) is 31.2 Å². The smallest absolute Gasteiger partial charge is 0.120 e. The average molecular weight is 392 g/mol.